The summed E-state index contributed by atoms with van der Waals surface area (Å²) in [5, 5.41) is 3.25. The highest BCUT2D eigenvalue weighted by Crippen LogP contribution is 2.28. The number of amides is 1. The first-order chi connectivity index (χ1) is 12.8. The van der Waals surface area contributed by atoms with Crippen molar-refractivity contribution >= 4 is 53.4 Å². The molecule has 0 radical (unpaired) electrons. The topological polar surface area (TPSA) is 106 Å². The number of fused-ring (bicyclic) bond motifs is 2. The van der Waals surface area contributed by atoms with Crippen LogP contribution in [0.1, 0.15) is 10.6 Å². The van der Waals surface area contributed by atoms with Crippen LogP contribution in [0.3, 0.4) is 0 Å². The second kappa shape index (κ2) is 6.29. The van der Waals surface area contributed by atoms with Crippen molar-refractivity contribution in [1.82, 2.24) is 4.98 Å². The van der Waals surface area contributed by atoms with Crippen molar-refractivity contribution in [2.75, 3.05) is 11.6 Å². The maximum absolute atomic E-state index is 12.4. The molecule has 27 heavy (non-hydrogen) atoms. The fourth-order valence-corrected chi connectivity index (χ4v) is 4.19. The van der Waals surface area contributed by atoms with Gasteiger partial charge in [-0.1, -0.05) is 23.5 Å². The van der Waals surface area contributed by atoms with E-state index >= 15 is 0 Å². The van der Waals surface area contributed by atoms with E-state index in [1.54, 1.807) is 30.3 Å². The lowest BCUT2D eigenvalue weighted by atomic mass is 10.2. The van der Waals surface area contributed by atoms with E-state index in [0.717, 1.165) is 23.7 Å². The van der Waals surface area contributed by atoms with Gasteiger partial charge in [-0.05, 0) is 30.3 Å². The molecule has 0 saturated heterocycles. The molecule has 0 bridgehead atoms. The van der Waals surface area contributed by atoms with Crippen LogP contribution >= 0.6 is 11.3 Å². The molecule has 0 saturated carbocycles. The van der Waals surface area contributed by atoms with Gasteiger partial charge in [-0.3, -0.25) is 14.9 Å². The van der Waals surface area contributed by atoms with Gasteiger partial charge in [-0.15, -0.1) is 0 Å². The molecule has 7 nitrogen and oxygen atoms in total. The molecule has 0 aliphatic heterocycles. The van der Waals surface area contributed by atoms with Crippen LogP contribution in [0.4, 0.5) is 5.13 Å². The van der Waals surface area contributed by atoms with Crippen molar-refractivity contribution in [3.8, 4) is 0 Å². The average molecular weight is 400 g/mol. The van der Waals surface area contributed by atoms with Gasteiger partial charge >= 0.3 is 0 Å². The number of nitrogens with zero attached hydrogens (tertiary/aromatic N) is 1. The van der Waals surface area contributed by atoms with E-state index in [-0.39, 0.29) is 21.2 Å². The Morgan fingerprint density at radius 2 is 1.93 bits per heavy atom. The lowest BCUT2D eigenvalue weighted by Crippen LogP contribution is -2.14. The average Bonchev–Trinajstić information content (AvgIpc) is 3.02. The molecule has 2 aromatic heterocycles. The predicted octanol–water partition coefficient (Wildman–Crippen LogP) is 3.06. The number of hydrogen-bond acceptors (Lipinski definition) is 7. The smallest absolute Gasteiger partial charge is 0.293 e. The predicted molar refractivity (Wildman–Crippen MR) is 103 cm³/mol. The van der Waals surface area contributed by atoms with Crippen LogP contribution in [0.5, 0.6) is 0 Å². The zero-order chi connectivity index (χ0) is 19.2. The van der Waals surface area contributed by atoms with E-state index in [1.807, 2.05) is 0 Å². The molecule has 2 heterocycles. The second-order valence-corrected chi connectivity index (χ2v) is 8.89. The van der Waals surface area contributed by atoms with E-state index < -0.39 is 15.7 Å². The molecule has 2 aromatic carbocycles. The monoisotopic (exact) mass is 400 g/mol. The molecule has 136 valence electrons. The number of carbonyl (C=O) groups is 1. The van der Waals surface area contributed by atoms with Crippen molar-refractivity contribution in [2.24, 2.45) is 0 Å². The number of benzene rings is 2. The first-order valence-corrected chi connectivity index (χ1v) is 10.5. The highest BCUT2D eigenvalue weighted by molar-refractivity contribution is 7.90. The molecule has 1 N–H and O–H groups in total. The number of sulfone groups is 1. The highest BCUT2D eigenvalue weighted by atomic mass is 32.2. The van der Waals surface area contributed by atoms with Gasteiger partial charge in [0.1, 0.15) is 5.58 Å². The number of aromatic nitrogens is 1. The molecule has 1 amide bonds. The molecule has 4 aromatic rings. The summed E-state index contributed by atoms with van der Waals surface area (Å²) in [6.07, 6.45) is 1.12. The molecule has 0 aliphatic carbocycles. The highest BCUT2D eigenvalue weighted by Gasteiger charge is 2.16. The van der Waals surface area contributed by atoms with Gasteiger partial charge in [0, 0.05) is 12.3 Å². The largest absolute Gasteiger partial charge is 0.451 e. The van der Waals surface area contributed by atoms with Crippen molar-refractivity contribution in [3.05, 3.63) is 64.5 Å². The Labute approximate surface area is 157 Å². The number of anilines is 1. The number of para-hydroxylation sites is 1. The molecular formula is C18H12N2O5S2. The molecular weight excluding hydrogens is 388 g/mol. The zero-order valence-corrected chi connectivity index (χ0v) is 15.6. The van der Waals surface area contributed by atoms with Gasteiger partial charge in [0.2, 0.25) is 0 Å². The number of rotatable bonds is 3. The number of carbonyl (C=O) groups excluding carboxylic acids is 1. The molecule has 0 aliphatic rings. The van der Waals surface area contributed by atoms with Crippen molar-refractivity contribution in [1.29, 1.82) is 0 Å². The van der Waals surface area contributed by atoms with Gasteiger partial charge in [-0.25, -0.2) is 13.4 Å². The van der Waals surface area contributed by atoms with Crippen LogP contribution in [-0.4, -0.2) is 25.6 Å². The number of nitrogens with one attached hydrogen (secondary N) is 1. The lowest BCUT2D eigenvalue weighted by molar-refractivity contribution is 0.0997. The minimum atomic E-state index is -3.33. The van der Waals surface area contributed by atoms with E-state index in [4.69, 9.17) is 4.42 Å². The Bertz CT molecular complexity index is 1370. The zero-order valence-electron chi connectivity index (χ0n) is 13.9. The molecule has 9 heteroatoms. The summed E-state index contributed by atoms with van der Waals surface area (Å²) in [6, 6.07) is 12.3. The van der Waals surface area contributed by atoms with Crippen LogP contribution in [0.15, 0.2) is 62.6 Å². The van der Waals surface area contributed by atoms with Gasteiger partial charge in [0.15, 0.2) is 26.2 Å². The van der Waals surface area contributed by atoms with Gasteiger partial charge in [0.05, 0.1) is 20.5 Å². The van der Waals surface area contributed by atoms with Crippen molar-refractivity contribution in [3.63, 3.8) is 0 Å². The molecule has 0 spiro atoms. The minimum Gasteiger partial charge on any atom is -0.451 e. The fourth-order valence-electron chi connectivity index (χ4n) is 2.56. The summed E-state index contributed by atoms with van der Waals surface area (Å²) in [7, 11) is -3.33. The summed E-state index contributed by atoms with van der Waals surface area (Å²) < 4.78 is 29.4. The summed E-state index contributed by atoms with van der Waals surface area (Å²) in [4.78, 5) is 29.0. The van der Waals surface area contributed by atoms with Crippen LogP contribution in [0.2, 0.25) is 0 Å². The minimum absolute atomic E-state index is 0.130. The second-order valence-electron chi connectivity index (χ2n) is 5.85. The van der Waals surface area contributed by atoms with Gasteiger partial charge in [-0.2, -0.15) is 0 Å². The Hall–Kier alpha value is -3.04. The third-order valence-corrected chi connectivity index (χ3v) is 5.91. The Morgan fingerprint density at radius 3 is 2.70 bits per heavy atom. The first kappa shape index (κ1) is 17.4. The standard InChI is InChI=1S/C18H12N2O5S2/c1-27(23,24)10-6-7-12-16(8-10)26-18(19-12)20-17(22)15-9-13(21)11-4-2-3-5-14(11)25-15/h2-9H,1H3,(H,19,20,22). The third-order valence-electron chi connectivity index (χ3n) is 3.87. The first-order valence-electron chi connectivity index (χ1n) is 7.76. The SMILES string of the molecule is CS(=O)(=O)c1ccc2nc(NC(=O)c3cc(=O)c4ccccc4o3)sc2c1. The number of thiazole rings is 1. The maximum Gasteiger partial charge on any atom is 0.293 e. The quantitative estimate of drug-likeness (QED) is 0.566. The van der Waals surface area contributed by atoms with E-state index in [9.17, 15) is 18.0 Å². The van der Waals surface area contributed by atoms with Crippen LogP contribution < -0.4 is 10.7 Å². The Balaban J connectivity index is 1.67. The number of hydrogen-bond donors (Lipinski definition) is 1. The molecule has 0 unspecified atom stereocenters. The summed E-state index contributed by atoms with van der Waals surface area (Å²) in [6.45, 7) is 0. The molecule has 0 atom stereocenters. The maximum atomic E-state index is 12.4. The summed E-state index contributed by atoms with van der Waals surface area (Å²) in [5.41, 5.74) is 0.559. The lowest BCUT2D eigenvalue weighted by Gasteiger charge is -2.02. The van der Waals surface area contributed by atoms with Crippen LogP contribution in [0.25, 0.3) is 21.2 Å². The Kier molecular flexibility index (Phi) is 4.05. The Morgan fingerprint density at radius 1 is 1.15 bits per heavy atom. The van der Waals surface area contributed by atoms with Gasteiger partial charge < -0.3 is 4.42 Å². The summed E-state index contributed by atoms with van der Waals surface area (Å²) in [5.74, 6) is -0.741. The van der Waals surface area contributed by atoms with Crippen LogP contribution in [-0.2, 0) is 9.84 Å². The van der Waals surface area contributed by atoms with Crippen molar-refractivity contribution in [2.45, 2.75) is 4.90 Å². The van der Waals surface area contributed by atoms with E-state index in [1.165, 1.54) is 12.1 Å². The normalized spacial score (nSPS) is 11.7. The van der Waals surface area contributed by atoms with E-state index in [2.05, 4.69) is 10.3 Å². The van der Waals surface area contributed by atoms with Gasteiger partial charge in [0.25, 0.3) is 5.91 Å². The van der Waals surface area contributed by atoms with E-state index in [0.29, 0.717) is 21.2 Å². The van der Waals surface area contributed by atoms with Crippen LogP contribution in [0, 0.1) is 0 Å². The molecule has 4 rings (SSSR count). The van der Waals surface area contributed by atoms with Crippen molar-refractivity contribution < 1.29 is 17.6 Å². The summed E-state index contributed by atoms with van der Waals surface area (Å²) >= 11 is 1.13. The third kappa shape index (κ3) is 3.34. The molecule has 0 fully saturated rings. The fraction of sp³-hybridized carbons (Fsp3) is 0.0556.